The molecule has 78 valence electrons. The van der Waals surface area contributed by atoms with E-state index in [1.54, 1.807) is 6.26 Å². The van der Waals surface area contributed by atoms with Gasteiger partial charge in [0.25, 0.3) is 0 Å². The zero-order chi connectivity index (χ0) is 9.52. The molecule has 1 aliphatic heterocycles. The third kappa shape index (κ3) is 5.39. The zero-order valence-electron chi connectivity index (χ0n) is 8.25. The smallest absolute Gasteiger partial charge is 0.0480 e. The van der Waals surface area contributed by atoms with E-state index in [2.05, 4.69) is 5.32 Å². The van der Waals surface area contributed by atoms with Crippen molar-refractivity contribution >= 4 is 10.8 Å². The normalized spacial score (nSPS) is 21.6. The van der Waals surface area contributed by atoms with Gasteiger partial charge in [-0.15, -0.1) is 0 Å². The fourth-order valence-corrected chi connectivity index (χ4v) is 2.03. The summed E-state index contributed by atoms with van der Waals surface area (Å²) in [5.74, 6) is 0.816. The Morgan fingerprint density at radius 1 is 1.46 bits per heavy atom. The van der Waals surface area contributed by atoms with Crippen molar-refractivity contribution in [3.05, 3.63) is 0 Å². The average Bonchev–Trinajstić information content (AvgIpc) is 2.14. The van der Waals surface area contributed by atoms with Gasteiger partial charge in [-0.1, -0.05) is 0 Å². The van der Waals surface area contributed by atoms with Gasteiger partial charge in [-0.25, -0.2) is 0 Å². The highest BCUT2D eigenvalue weighted by Gasteiger charge is 2.11. The Hall–Kier alpha value is 0.0700. The van der Waals surface area contributed by atoms with Gasteiger partial charge in [-0.2, -0.15) is 0 Å². The lowest BCUT2D eigenvalue weighted by molar-refractivity contribution is 0.0781. The Balaban J connectivity index is 1.95. The third-order valence-electron chi connectivity index (χ3n) is 2.26. The fourth-order valence-electron chi connectivity index (χ4n) is 1.48. The van der Waals surface area contributed by atoms with Gasteiger partial charge >= 0.3 is 0 Å². The lowest BCUT2D eigenvalue weighted by atomic mass is 10.1. The molecule has 4 heteroatoms. The summed E-state index contributed by atoms with van der Waals surface area (Å²) in [6, 6.07) is 0.624. The molecule has 0 bridgehead atoms. The van der Waals surface area contributed by atoms with Gasteiger partial charge in [0.05, 0.1) is 0 Å². The molecule has 1 saturated heterocycles. The fraction of sp³-hybridized carbons (Fsp3) is 1.00. The number of nitrogens with one attached hydrogen (secondary N) is 1. The summed E-state index contributed by atoms with van der Waals surface area (Å²) in [7, 11) is -0.637. The number of ether oxygens (including phenoxy) is 1. The molecule has 1 unspecified atom stereocenters. The van der Waals surface area contributed by atoms with Crippen LogP contribution in [0.15, 0.2) is 0 Å². The van der Waals surface area contributed by atoms with E-state index in [1.807, 2.05) is 0 Å². The summed E-state index contributed by atoms with van der Waals surface area (Å²) in [6.45, 7) is 2.76. The molecule has 3 nitrogen and oxygen atoms in total. The molecule has 1 rings (SSSR count). The van der Waals surface area contributed by atoms with Gasteiger partial charge in [-0.05, 0) is 25.8 Å². The summed E-state index contributed by atoms with van der Waals surface area (Å²) in [4.78, 5) is 0. The Morgan fingerprint density at radius 3 is 2.77 bits per heavy atom. The molecule has 0 aromatic heterocycles. The maximum atomic E-state index is 10.8. The van der Waals surface area contributed by atoms with Crippen LogP contribution in [-0.2, 0) is 15.5 Å². The van der Waals surface area contributed by atoms with E-state index >= 15 is 0 Å². The SMILES string of the molecule is CS(=O)CCCNC1CCOCC1. The van der Waals surface area contributed by atoms with E-state index in [4.69, 9.17) is 4.74 Å². The van der Waals surface area contributed by atoms with Crippen molar-refractivity contribution in [3.8, 4) is 0 Å². The van der Waals surface area contributed by atoms with Crippen molar-refractivity contribution < 1.29 is 8.95 Å². The maximum absolute atomic E-state index is 10.8. The molecule has 0 amide bonds. The van der Waals surface area contributed by atoms with Crippen molar-refractivity contribution in [1.82, 2.24) is 5.32 Å². The van der Waals surface area contributed by atoms with Gasteiger partial charge in [0.2, 0.25) is 0 Å². The van der Waals surface area contributed by atoms with Gasteiger partial charge in [-0.3, -0.25) is 4.21 Å². The molecular formula is C9H19NO2S. The summed E-state index contributed by atoms with van der Waals surface area (Å²) in [6.07, 6.45) is 5.01. The summed E-state index contributed by atoms with van der Waals surface area (Å²) in [5, 5.41) is 3.46. The van der Waals surface area contributed by atoms with Crippen molar-refractivity contribution in [2.45, 2.75) is 25.3 Å². The molecule has 0 aromatic rings. The Morgan fingerprint density at radius 2 is 2.15 bits per heavy atom. The van der Waals surface area contributed by atoms with Crippen LogP contribution in [0.1, 0.15) is 19.3 Å². The van der Waals surface area contributed by atoms with Crippen molar-refractivity contribution in [2.24, 2.45) is 0 Å². The van der Waals surface area contributed by atoms with Gasteiger partial charge in [0, 0.05) is 42.1 Å². The predicted molar refractivity (Wildman–Crippen MR) is 55.4 cm³/mol. The van der Waals surface area contributed by atoms with E-state index in [1.165, 1.54) is 0 Å². The Bertz CT molecular complexity index is 158. The second-order valence-corrected chi connectivity index (χ2v) is 5.03. The quantitative estimate of drug-likeness (QED) is 0.665. The summed E-state index contributed by atoms with van der Waals surface area (Å²) >= 11 is 0. The van der Waals surface area contributed by atoms with Crippen LogP contribution in [0.2, 0.25) is 0 Å². The number of hydrogen-bond donors (Lipinski definition) is 1. The van der Waals surface area contributed by atoms with Crippen LogP contribution >= 0.6 is 0 Å². The van der Waals surface area contributed by atoms with E-state index in [-0.39, 0.29) is 0 Å². The third-order valence-corrected chi connectivity index (χ3v) is 3.13. The van der Waals surface area contributed by atoms with Crippen LogP contribution < -0.4 is 5.32 Å². The minimum Gasteiger partial charge on any atom is -0.381 e. The molecule has 0 spiro atoms. The first-order chi connectivity index (χ1) is 6.29. The van der Waals surface area contributed by atoms with E-state index in [0.29, 0.717) is 6.04 Å². The van der Waals surface area contributed by atoms with Crippen LogP contribution in [-0.4, -0.2) is 42.0 Å². The van der Waals surface area contributed by atoms with Gasteiger partial charge < -0.3 is 10.1 Å². The number of hydrogen-bond acceptors (Lipinski definition) is 3. The Kier molecular flexibility index (Phi) is 5.58. The Labute approximate surface area is 82.7 Å². The lowest BCUT2D eigenvalue weighted by Gasteiger charge is -2.23. The molecule has 0 saturated carbocycles. The molecule has 0 aromatic carbocycles. The summed E-state index contributed by atoms with van der Waals surface area (Å²) < 4.78 is 16.0. The molecule has 0 radical (unpaired) electrons. The van der Waals surface area contributed by atoms with Crippen LogP contribution in [0.4, 0.5) is 0 Å². The minimum atomic E-state index is -0.637. The zero-order valence-corrected chi connectivity index (χ0v) is 9.07. The van der Waals surface area contributed by atoms with Crippen LogP contribution in [0.3, 0.4) is 0 Å². The highest BCUT2D eigenvalue weighted by molar-refractivity contribution is 7.84. The van der Waals surface area contributed by atoms with E-state index in [0.717, 1.165) is 44.8 Å². The van der Waals surface area contributed by atoms with Gasteiger partial charge in [0.15, 0.2) is 0 Å². The summed E-state index contributed by atoms with van der Waals surface area (Å²) in [5.41, 5.74) is 0. The molecule has 1 N–H and O–H groups in total. The van der Waals surface area contributed by atoms with Crippen LogP contribution in [0.5, 0.6) is 0 Å². The topological polar surface area (TPSA) is 38.3 Å². The first-order valence-electron chi connectivity index (χ1n) is 4.90. The molecule has 0 aliphatic carbocycles. The average molecular weight is 205 g/mol. The second kappa shape index (κ2) is 6.51. The monoisotopic (exact) mass is 205 g/mol. The largest absolute Gasteiger partial charge is 0.381 e. The molecule has 1 heterocycles. The maximum Gasteiger partial charge on any atom is 0.0480 e. The van der Waals surface area contributed by atoms with Crippen LogP contribution in [0.25, 0.3) is 0 Å². The molecular weight excluding hydrogens is 186 g/mol. The second-order valence-electron chi connectivity index (χ2n) is 3.47. The van der Waals surface area contributed by atoms with E-state index in [9.17, 15) is 4.21 Å². The molecule has 1 aliphatic rings. The molecule has 13 heavy (non-hydrogen) atoms. The predicted octanol–water partition coefficient (Wildman–Crippen LogP) is 0.524. The molecule has 1 atom stereocenters. The minimum absolute atomic E-state index is 0.624. The van der Waals surface area contributed by atoms with E-state index < -0.39 is 10.8 Å². The highest BCUT2D eigenvalue weighted by Crippen LogP contribution is 2.05. The van der Waals surface area contributed by atoms with Crippen molar-refractivity contribution in [3.63, 3.8) is 0 Å². The van der Waals surface area contributed by atoms with Gasteiger partial charge in [0.1, 0.15) is 0 Å². The van der Waals surface area contributed by atoms with Crippen molar-refractivity contribution in [1.29, 1.82) is 0 Å². The first-order valence-corrected chi connectivity index (χ1v) is 6.63. The standard InChI is InChI=1S/C9H19NO2S/c1-13(11)8-2-5-10-9-3-6-12-7-4-9/h9-10H,2-8H2,1H3. The molecule has 1 fully saturated rings. The first kappa shape index (κ1) is 11.1. The van der Waals surface area contributed by atoms with Crippen molar-refractivity contribution in [2.75, 3.05) is 31.8 Å². The lowest BCUT2D eigenvalue weighted by Crippen LogP contribution is -2.35. The van der Waals surface area contributed by atoms with Crippen LogP contribution in [0, 0.1) is 0 Å². The number of rotatable bonds is 5. The highest BCUT2D eigenvalue weighted by atomic mass is 32.2.